The number of nitrogens with one attached hydrogen (secondary N) is 1. The summed E-state index contributed by atoms with van der Waals surface area (Å²) in [6, 6.07) is 7.10. The molecule has 1 aromatic carbocycles. The Morgan fingerprint density at radius 1 is 1.44 bits per heavy atom. The summed E-state index contributed by atoms with van der Waals surface area (Å²) >= 11 is 5.92. The van der Waals surface area contributed by atoms with Gasteiger partial charge in [-0.05, 0) is 11.6 Å². The number of hydrazine groups is 1. The number of halogens is 1. The summed E-state index contributed by atoms with van der Waals surface area (Å²) in [7, 11) is 1.50. The van der Waals surface area contributed by atoms with E-state index in [0.717, 1.165) is 5.56 Å². The summed E-state index contributed by atoms with van der Waals surface area (Å²) in [5.41, 5.74) is 2.55. The number of hydrogen-bond donors (Lipinski definition) is 2. The van der Waals surface area contributed by atoms with Crippen molar-refractivity contribution in [2.45, 2.75) is 6.54 Å². The lowest BCUT2D eigenvalue weighted by atomic mass is 10.2. The van der Waals surface area contributed by atoms with Gasteiger partial charge in [0.05, 0.1) is 0 Å². The van der Waals surface area contributed by atoms with Crippen molar-refractivity contribution in [1.82, 2.24) is 10.3 Å². The second-order valence-electron chi connectivity index (χ2n) is 3.23. The molecule has 16 heavy (non-hydrogen) atoms. The Bertz CT molecular complexity index is 409. The summed E-state index contributed by atoms with van der Waals surface area (Å²) in [5, 5.41) is 0.551. The monoisotopic (exact) mass is 241 g/mol. The second kappa shape index (κ2) is 5.48. The standard InChI is InChI=1S/C10H12ClN3O2/c1-14(10(16)9(15)13-12)6-7-4-2-3-5-8(7)11/h2-5H,6,12H2,1H3,(H,13,15). The van der Waals surface area contributed by atoms with Crippen LogP contribution >= 0.6 is 11.6 Å². The van der Waals surface area contributed by atoms with Crippen LogP contribution < -0.4 is 11.3 Å². The van der Waals surface area contributed by atoms with Crippen molar-refractivity contribution < 1.29 is 9.59 Å². The Balaban J connectivity index is 2.72. The SMILES string of the molecule is CN(Cc1ccccc1Cl)C(=O)C(=O)NN. The van der Waals surface area contributed by atoms with E-state index in [1.54, 1.807) is 23.6 Å². The highest BCUT2D eigenvalue weighted by Gasteiger charge is 2.17. The number of carbonyl (C=O) groups excluding carboxylic acids is 2. The Labute approximate surface area is 98.1 Å². The van der Waals surface area contributed by atoms with Crippen molar-refractivity contribution in [2.75, 3.05) is 7.05 Å². The molecule has 0 aromatic heterocycles. The van der Waals surface area contributed by atoms with E-state index in [-0.39, 0.29) is 6.54 Å². The minimum absolute atomic E-state index is 0.256. The van der Waals surface area contributed by atoms with Crippen molar-refractivity contribution in [2.24, 2.45) is 5.84 Å². The molecule has 0 atom stereocenters. The van der Waals surface area contributed by atoms with E-state index in [2.05, 4.69) is 0 Å². The van der Waals surface area contributed by atoms with Crippen molar-refractivity contribution >= 4 is 23.4 Å². The molecule has 2 amide bonds. The fraction of sp³-hybridized carbons (Fsp3) is 0.200. The van der Waals surface area contributed by atoms with Crippen LogP contribution in [0.4, 0.5) is 0 Å². The minimum Gasteiger partial charge on any atom is -0.333 e. The van der Waals surface area contributed by atoms with E-state index in [0.29, 0.717) is 5.02 Å². The zero-order valence-corrected chi connectivity index (χ0v) is 9.49. The molecule has 0 aliphatic heterocycles. The highest BCUT2D eigenvalue weighted by molar-refractivity contribution is 6.34. The summed E-state index contributed by atoms with van der Waals surface area (Å²) < 4.78 is 0. The predicted molar refractivity (Wildman–Crippen MR) is 60.3 cm³/mol. The number of amides is 2. The molecule has 86 valence electrons. The van der Waals surface area contributed by atoms with Crippen LogP contribution in [0.15, 0.2) is 24.3 Å². The zero-order valence-electron chi connectivity index (χ0n) is 8.74. The van der Waals surface area contributed by atoms with Gasteiger partial charge in [0.25, 0.3) is 0 Å². The maximum absolute atomic E-state index is 11.4. The van der Waals surface area contributed by atoms with Gasteiger partial charge in [0, 0.05) is 18.6 Å². The van der Waals surface area contributed by atoms with E-state index >= 15 is 0 Å². The van der Waals surface area contributed by atoms with Crippen LogP contribution in [0.2, 0.25) is 5.02 Å². The number of rotatable bonds is 2. The van der Waals surface area contributed by atoms with E-state index in [1.807, 2.05) is 6.07 Å². The van der Waals surface area contributed by atoms with E-state index in [1.165, 1.54) is 11.9 Å². The molecule has 1 aromatic rings. The molecule has 0 aliphatic carbocycles. The predicted octanol–water partition coefficient (Wildman–Crippen LogP) is 0.288. The van der Waals surface area contributed by atoms with E-state index in [4.69, 9.17) is 17.4 Å². The molecule has 0 radical (unpaired) electrons. The third kappa shape index (κ3) is 2.95. The van der Waals surface area contributed by atoms with Crippen molar-refractivity contribution in [1.29, 1.82) is 0 Å². The normalized spacial score (nSPS) is 9.69. The molecule has 0 fully saturated rings. The maximum Gasteiger partial charge on any atom is 0.323 e. The molecule has 1 rings (SSSR count). The minimum atomic E-state index is -0.852. The number of carbonyl (C=O) groups is 2. The van der Waals surface area contributed by atoms with Gasteiger partial charge in [-0.15, -0.1) is 0 Å². The number of nitrogens with zero attached hydrogens (tertiary/aromatic N) is 1. The summed E-state index contributed by atoms with van der Waals surface area (Å²) in [6.07, 6.45) is 0. The van der Waals surface area contributed by atoms with Gasteiger partial charge in [0.1, 0.15) is 0 Å². The molecular weight excluding hydrogens is 230 g/mol. The van der Waals surface area contributed by atoms with Gasteiger partial charge in [-0.25, -0.2) is 5.84 Å². The third-order valence-electron chi connectivity index (χ3n) is 2.04. The number of hydrogen-bond acceptors (Lipinski definition) is 3. The molecular formula is C10H12ClN3O2. The molecule has 0 unspecified atom stereocenters. The first-order chi connectivity index (χ1) is 7.56. The van der Waals surface area contributed by atoms with Crippen molar-refractivity contribution in [3.8, 4) is 0 Å². The van der Waals surface area contributed by atoms with Crippen LogP contribution in [0.5, 0.6) is 0 Å². The Morgan fingerprint density at radius 2 is 2.06 bits per heavy atom. The van der Waals surface area contributed by atoms with Gasteiger partial charge in [0.15, 0.2) is 0 Å². The molecule has 0 spiro atoms. The van der Waals surface area contributed by atoms with Crippen LogP contribution in [0, 0.1) is 0 Å². The lowest BCUT2D eigenvalue weighted by Gasteiger charge is -2.16. The summed E-state index contributed by atoms with van der Waals surface area (Å²) in [4.78, 5) is 23.6. The molecule has 0 saturated heterocycles. The molecule has 0 aliphatic rings. The van der Waals surface area contributed by atoms with Crippen molar-refractivity contribution in [3.63, 3.8) is 0 Å². The first-order valence-corrected chi connectivity index (χ1v) is 4.93. The smallest absolute Gasteiger partial charge is 0.323 e. The first-order valence-electron chi connectivity index (χ1n) is 4.55. The van der Waals surface area contributed by atoms with Gasteiger partial charge in [-0.1, -0.05) is 29.8 Å². The number of benzene rings is 1. The lowest BCUT2D eigenvalue weighted by molar-refractivity contribution is -0.145. The Morgan fingerprint density at radius 3 is 2.62 bits per heavy atom. The fourth-order valence-corrected chi connectivity index (χ4v) is 1.38. The van der Waals surface area contributed by atoms with Gasteiger partial charge >= 0.3 is 11.8 Å². The highest BCUT2D eigenvalue weighted by atomic mass is 35.5. The summed E-state index contributed by atoms with van der Waals surface area (Å²) in [6.45, 7) is 0.256. The van der Waals surface area contributed by atoms with E-state index < -0.39 is 11.8 Å². The number of likely N-dealkylation sites (N-methyl/N-ethyl adjacent to an activating group) is 1. The average molecular weight is 242 g/mol. The van der Waals surface area contributed by atoms with Gasteiger partial charge in [-0.2, -0.15) is 0 Å². The van der Waals surface area contributed by atoms with Crippen LogP contribution in [-0.2, 0) is 16.1 Å². The molecule has 3 N–H and O–H groups in total. The zero-order chi connectivity index (χ0) is 12.1. The molecule has 0 saturated carbocycles. The van der Waals surface area contributed by atoms with Gasteiger partial charge < -0.3 is 4.90 Å². The van der Waals surface area contributed by atoms with Crippen LogP contribution in [0.25, 0.3) is 0 Å². The molecule has 0 heterocycles. The molecule has 6 heteroatoms. The lowest BCUT2D eigenvalue weighted by Crippen LogP contribution is -2.43. The van der Waals surface area contributed by atoms with Crippen LogP contribution in [0.1, 0.15) is 5.56 Å². The average Bonchev–Trinajstić information content (AvgIpc) is 2.30. The first kappa shape index (κ1) is 12.5. The maximum atomic E-state index is 11.4. The number of nitrogens with two attached hydrogens (primary N) is 1. The van der Waals surface area contributed by atoms with Crippen molar-refractivity contribution in [3.05, 3.63) is 34.9 Å². The second-order valence-corrected chi connectivity index (χ2v) is 3.63. The van der Waals surface area contributed by atoms with E-state index in [9.17, 15) is 9.59 Å². The Kier molecular flexibility index (Phi) is 4.28. The van der Waals surface area contributed by atoms with Gasteiger partial charge in [-0.3, -0.25) is 15.0 Å². The largest absolute Gasteiger partial charge is 0.333 e. The van der Waals surface area contributed by atoms with Crippen LogP contribution in [-0.4, -0.2) is 23.8 Å². The highest BCUT2D eigenvalue weighted by Crippen LogP contribution is 2.16. The fourth-order valence-electron chi connectivity index (χ4n) is 1.19. The molecule has 0 bridgehead atoms. The molecule has 5 nitrogen and oxygen atoms in total. The van der Waals surface area contributed by atoms with Gasteiger partial charge in [0.2, 0.25) is 0 Å². The Hall–Kier alpha value is -1.59. The third-order valence-corrected chi connectivity index (χ3v) is 2.41. The quantitative estimate of drug-likeness (QED) is 0.338. The topological polar surface area (TPSA) is 75.4 Å². The van der Waals surface area contributed by atoms with Crippen LogP contribution in [0.3, 0.4) is 0 Å². The summed E-state index contributed by atoms with van der Waals surface area (Å²) in [5.74, 6) is 3.30.